The van der Waals surface area contributed by atoms with Gasteiger partial charge in [-0.05, 0) is 49.9 Å². The minimum absolute atomic E-state index is 0.0952. The number of hydrogen-bond acceptors (Lipinski definition) is 2. The zero-order valence-corrected chi connectivity index (χ0v) is 11.6. The molecule has 4 unspecified atom stereocenters. The maximum Gasteiger partial charge on any atom is 0.0639 e. The maximum atomic E-state index is 11.0. The summed E-state index contributed by atoms with van der Waals surface area (Å²) >= 11 is 0. The first-order valence-corrected chi connectivity index (χ1v) is 8.14. The molecule has 0 heterocycles. The van der Waals surface area contributed by atoms with Gasteiger partial charge in [-0.15, -0.1) is 0 Å². The van der Waals surface area contributed by atoms with Crippen molar-refractivity contribution in [2.24, 2.45) is 28.9 Å². The fourth-order valence-electron chi connectivity index (χ4n) is 5.32. The molecule has 0 spiro atoms. The van der Waals surface area contributed by atoms with Crippen LogP contribution in [0.25, 0.3) is 0 Å². The molecule has 3 saturated carbocycles. The molecule has 3 rings (SSSR count). The molecule has 4 atom stereocenters. The standard InChI is InChI=1S/C16H29NO/c17-11-16(10-12-7-8-14(16)9-12)15(18)13-5-3-1-2-4-6-13/h12-15,18H,1-11,17H2. The summed E-state index contributed by atoms with van der Waals surface area (Å²) in [6.07, 6.45) is 13.0. The van der Waals surface area contributed by atoms with Gasteiger partial charge in [-0.2, -0.15) is 0 Å². The van der Waals surface area contributed by atoms with Gasteiger partial charge >= 0.3 is 0 Å². The van der Waals surface area contributed by atoms with Crippen molar-refractivity contribution >= 4 is 0 Å². The molecule has 3 fully saturated rings. The Morgan fingerprint density at radius 2 is 1.78 bits per heavy atom. The highest BCUT2D eigenvalue weighted by Crippen LogP contribution is 2.58. The molecule has 104 valence electrons. The number of fused-ring (bicyclic) bond motifs is 2. The van der Waals surface area contributed by atoms with Crippen LogP contribution < -0.4 is 5.73 Å². The molecule has 0 amide bonds. The van der Waals surface area contributed by atoms with Crippen LogP contribution in [0.15, 0.2) is 0 Å². The normalized spacial score (nSPS) is 43.0. The van der Waals surface area contributed by atoms with Crippen molar-refractivity contribution in [3.05, 3.63) is 0 Å². The Morgan fingerprint density at radius 3 is 2.28 bits per heavy atom. The Morgan fingerprint density at radius 1 is 1.06 bits per heavy atom. The molecule has 0 radical (unpaired) electrons. The van der Waals surface area contributed by atoms with E-state index in [0.29, 0.717) is 12.5 Å². The first-order chi connectivity index (χ1) is 8.76. The SMILES string of the molecule is NCC1(C(O)C2CCCCCC2)CC2CCC1C2. The van der Waals surface area contributed by atoms with Gasteiger partial charge in [0.05, 0.1) is 6.10 Å². The second kappa shape index (κ2) is 5.13. The van der Waals surface area contributed by atoms with Crippen LogP contribution >= 0.6 is 0 Å². The number of aliphatic hydroxyl groups excluding tert-OH is 1. The zero-order valence-electron chi connectivity index (χ0n) is 11.6. The van der Waals surface area contributed by atoms with Crippen LogP contribution in [0, 0.1) is 23.2 Å². The van der Waals surface area contributed by atoms with Crippen molar-refractivity contribution < 1.29 is 5.11 Å². The lowest BCUT2D eigenvalue weighted by Gasteiger charge is -2.44. The lowest BCUT2D eigenvalue weighted by molar-refractivity contribution is -0.0520. The smallest absolute Gasteiger partial charge is 0.0639 e. The van der Waals surface area contributed by atoms with Crippen molar-refractivity contribution in [3.8, 4) is 0 Å². The van der Waals surface area contributed by atoms with Gasteiger partial charge in [0.25, 0.3) is 0 Å². The van der Waals surface area contributed by atoms with Crippen LogP contribution in [0.4, 0.5) is 0 Å². The largest absolute Gasteiger partial charge is 0.392 e. The van der Waals surface area contributed by atoms with Crippen LogP contribution in [0.5, 0.6) is 0 Å². The van der Waals surface area contributed by atoms with Crippen molar-refractivity contribution in [2.75, 3.05) is 6.54 Å². The lowest BCUT2D eigenvalue weighted by Crippen LogP contribution is -2.49. The van der Waals surface area contributed by atoms with Gasteiger partial charge in [0.1, 0.15) is 0 Å². The Labute approximate surface area is 111 Å². The molecule has 0 aromatic carbocycles. The van der Waals surface area contributed by atoms with E-state index in [9.17, 15) is 5.11 Å². The van der Waals surface area contributed by atoms with Crippen molar-refractivity contribution in [2.45, 2.75) is 70.3 Å². The maximum absolute atomic E-state index is 11.0. The first kappa shape index (κ1) is 12.9. The highest BCUT2D eigenvalue weighted by atomic mass is 16.3. The van der Waals surface area contributed by atoms with Crippen LogP contribution in [0.2, 0.25) is 0 Å². The Kier molecular flexibility index (Phi) is 3.68. The van der Waals surface area contributed by atoms with E-state index in [1.165, 1.54) is 64.2 Å². The summed E-state index contributed by atoms with van der Waals surface area (Å²) in [6, 6.07) is 0. The molecule has 3 N–H and O–H groups in total. The van der Waals surface area contributed by atoms with E-state index in [4.69, 9.17) is 5.73 Å². The van der Waals surface area contributed by atoms with Crippen molar-refractivity contribution in [1.29, 1.82) is 0 Å². The summed E-state index contributed by atoms with van der Waals surface area (Å²) in [5.74, 6) is 2.14. The van der Waals surface area contributed by atoms with E-state index in [1.54, 1.807) is 0 Å². The van der Waals surface area contributed by atoms with Crippen LogP contribution in [-0.4, -0.2) is 17.8 Å². The third-order valence-electron chi connectivity index (χ3n) is 6.34. The summed E-state index contributed by atoms with van der Waals surface area (Å²) < 4.78 is 0. The zero-order chi connectivity index (χ0) is 12.6. The molecule has 0 aromatic rings. The van der Waals surface area contributed by atoms with Gasteiger partial charge in [0, 0.05) is 12.0 Å². The highest BCUT2D eigenvalue weighted by Gasteiger charge is 2.55. The summed E-state index contributed by atoms with van der Waals surface area (Å²) in [4.78, 5) is 0. The number of aliphatic hydroxyl groups is 1. The van der Waals surface area contributed by atoms with Gasteiger partial charge in [-0.25, -0.2) is 0 Å². The molecule has 0 aliphatic heterocycles. The number of nitrogens with two attached hydrogens (primary N) is 1. The highest BCUT2D eigenvalue weighted by molar-refractivity contribution is 5.05. The lowest BCUT2D eigenvalue weighted by atomic mass is 9.65. The van der Waals surface area contributed by atoms with E-state index in [2.05, 4.69) is 0 Å². The predicted molar refractivity (Wildman–Crippen MR) is 74.1 cm³/mol. The Bertz CT molecular complexity index is 285. The van der Waals surface area contributed by atoms with E-state index in [-0.39, 0.29) is 11.5 Å². The Hall–Kier alpha value is -0.0800. The molecular formula is C16H29NO. The third-order valence-corrected chi connectivity index (χ3v) is 6.34. The molecule has 3 aliphatic carbocycles. The molecule has 18 heavy (non-hydrogen) atoms. The summed E-state index contributed by atoms with van der Waals surface area (Å²) in [5, 5.41) is 11.0. The predicted octanol–water partition coefficient (Wildman–Crippen LogP) is 3.08. The summed E-state index contributed by atoms with van der Waals surface area (Å²) in [7, 11) is 0. The van der Waals surface area contributed by atoms with Gasteiger partial charge in [0.2, 0.25) is 0 Å². The monoisotopic (exact) mass is 251 g/mol. The van der Waals surface area contributed by atoms with Crippen molar-refractivity contribution in [1.82, 2.24) is 0 Å². The average Bonchev–Trinajstić information content (AvgIpc) is 2.89. The quantitative estimate of drug-likeness (QED) is 0.757. The van der Waals surface area contributed by atoms with E-state index in [0.717, 1.165) is 11.8 Å². The van der Waals surface area contributed by atoms with Gasteiger partial charge in [-0.3, -0.25) is 0 Å². The Balaban J connectivity index is 1.74. The molecule has 2 bridgehead atoms. The van der Waals surface area contributed by atoms with E-state index < -0.39 is 0 Å². The van der Waals surface area contributed by atoms with Crippen LogP contribution in [0.3, 0.4) is 0 Å². The van der Waals surface area contributed by atoms with Gasteiger partial charge < -0.3 is 10.8 Å². The molecule has 3 aliphatic rings. The van der Waals surface area contributed by atoms with Crippen molar-refractivity contribution in [3.63, 3.8) is 0 Å². The van der Waals surface area contributed by atoms with E-state index in [1.807, 2.05) is 0 Å². The van der Waals surface area contributed by atoms with Gasteiger partial charge in [-0.1, -0.05) is 32.1 Å². The second-order valence-electron chi connectivity index (χ2n) is 7.21. The number of rotatable bonds is 3. The fraction of sp³-hybridized carbons (Fsp3) is 1.00. The van der Waals surface area contributed by atoms with Gasteiger partial charge in [0.15, 0.2) is 0 Å². The summed E-state index contributed by atoms with van der Waals surface area (Å²) in [5.41, 5.74) is 6.24. The topological polar surface area (TPSA) is 46.2 Å². The number of hydrogen-bond donors (Lipinski definition) is 2. The molecule has 0 saturated heterocycles. The molecular weight excluding hydrogens is 222 g/mol. The van der Waals surface area contributed by atoms with Crippen LogP contribution in [-0.2, 0) is 0 Å². The summed E-state index contributed by atoms with van der Waals surface area (Å²) in [6.45, 7) is 0.714. The van der Waals surface area contributed by atoms with E-state index >= 15 is 0 Å². The molecule has 0 aromatic heterocycles. The molecule has 2 heteroatoms. The third kappa shape index (κ3) is 2.02. The first-order valence-electron chi connectivity index (χ1n) is 8.14. The van der Waals surface area contributed by atoms with Crippen LogP contribution in [0.1, 0.15) is 64.2 Å². The second-order valence-corrected chi connectivity index (χ2v) is 7.21. The fourth-order valence-corrected chi connectivity index (χ4v) is 5.32. The minimum atomic E-state index is -0.115. The minimum Gasteiger partial charge on any atom is -0.392 e. The molecule has 2 nitrogen and oxygen atoms in total. The average molecular weight is 251 g/mol.